The highest BCUT2D eigenvalue weighted by Crippen LogP contribution is 2.30. The maximum atomic E-state index is 12.8. The highest BCUT2D eigenvalue weighted by atomic mass is 16.5. The number of carbonyl (C=O) groups is 1. The van der Waals surface area contributed by atoms with Gasteiger partial charge in [0.25, 0.3) is 0 Å². The minimum Gasteiger partial charge on any atom is -0.507 e. The normalized spacial score (nSPS) is 31.2. The average Bonchev–Trinajstić information content (AvgIpc) is 2.64. The topological polar surface area (TPSA) is 99.0 Å². The van der Waals surface area contributed by atoms with Gasteiger partial charge >= 0.3 is 5.97 Å². The van der Waals surface area contributed by atoms with Crippen molar-refractivity contribution >= 4 is 17.7 Å². The Morgan fingerprint density at radius 1 is 1.14 bits per heavy atom. The molecule has 0 aliphatic carbocycles. The number of aliphatic hydroxyl groups is 2. The summed E-state index contributed by atoms with van der Waals surface area (Å²) >= 11 is 0. The van der Waals surface area contributed by atoms with Crippen LogP contribution in [0.5, 0.6) is 5.75 Å². The highest BCUT2D eigenvalue weighted by molar-refractivity contribution is 5.97. The number of aromatic hydroxyl groups is 1. The van der Waals surface area contributed by atoms with Gasteiger partial charge in [-0.25, -0.2) is 4.79 Å². The summed E-state index contributed by atoms with van der Waals surface area (Å²) in [5, 5.41) is 34.2. The fourth-order valence-electron chi connectivity index (χ4n) is 3.09. The van der Waals surface area contributed by atoms with Gasteiger partial charge in [-0.3, -0.25) is 0 Å². The number of carbonyl (C=O) groups excluding carboxylic acids is 1. The molecule has 0 spiro atoms. The van der Waals surface area contributed by atoms with Crippen molar-refractivity contribution in [1.29, 1.82) is 0 Å². The number of aliphatic hydroxyl groups excluding tert-OH is 2. The second-order valence-corrected chi connectivity index (χ2v) is 7.40. The molecule has 154 valence electrons. The predicted octanol–water partition coefficient (Wildman–Crippen LogP) is 3.34. The monoisotopic (exact) mass is 389 g/mol. The molecule has 0 radical (unpaired) electrons. The Morgan fingerprint density at radius 2 is 1.82 bits per heavy atom. The lowest BCUT2D eigenvalue weighted by Crippen LogP contribution is -2.31. The molecule has 0 saturated heterocycles. The van der Waals surface area contributed by atoms with E-state index in [4.69, 9.17) is 4.74 Å². The number of benzene rings is 1. The number of hydrogen-bond acceptors (Lipinski definition) is 6. The van der Waals surface area contributed by atoms with Gasteiger partial charge in [-0.1, -0.05) is 38.2 Å². The number of ether oxygens (including phenoxy) is 1. The molecule has 6 heteroatoms. The molecule has 0 fully saturated rings. The maximum Gasteiger partial charge on any atom is 0.342 e. The molecule has 0 amide bonds. The molecule has 0 unspecified atom stereocenters. The van der Waals surface area contributed by atoms with E-state index in [9.17, 15) is 20.1 Å². The number of rotatable bonds is 2. The zero-order valence-corrected chi connectivity index (χ0v) is 16.9. The minimum absolute atomic E-state index is 0.0846. The number of esters is 1. The number of nitrogens with one attached hydrogen (secondary N) is 1. The summed E-state index contributed by atoms with van der Waals surface area (Å²) in [7, 11) is 0. The average molecular weight is 389 g/mol. The van der Waals surface area contributed by atoms with Crippen molar-refractivity contribution in [2.45, 2.75) is 52.4 Å². The predicted molar refractivity (Wildman–Crippen MR) is 110 cm³/mol. The molecule has 0 saturated carbocycles. The van der Waals surface area contributed by atoms with Gasteiger partial charge in [0.15, 0.2) is 0 Å². The van der Waals surface area contributed by atoms with Crippen molar-refractivity contribution < 1.29 is 24.9 Å². The number of fused-ring (bicyclic) bond motifs is 1. The van der Waals surface area contributed by atoms with E-state index in [2.05, 4.69) is 5.32 Å². The van der Waals surface area contributed by atoms with Crippen LogP contribution in [-0.4, -0.2) is 46.1 Å². The Balaban J connectivity index is 2.48. The summed E-state index contributed by atoms with van der Waals surface area (Å²) in [4.78, 5) is 12.8. The second-order valence-electron chi connectivity index (χ2n) is 7.40. The van der Waals surface area contributed by atoms with Gasteiger partial charge in [0.1, 0.15) is 17.4 Å². The van der Waals surface area contributed by atoms with E-state index in [1.807, 2.05) is 32.9 Å². The number of phenols is 1. The zero-order valence-electron chi connectivity index (χ0n) is 16.9. The summed E-state index contributed by atoms with van der Waals surface area (Å²) in [5.41, 5.74) is 1.25. The van der Waals surface area contributed by atoms with Crippen molar-refractivity contribution in [3.05, 3.63) is 41.5 Å². The fraction of sp³-hybridized carbons (Fsp3) is 0.500. The summed E-state index contributed by atoms with van der Waals surface area (Å²) in [6, 6.07) is 3.25. The van der Waals surface area contributed by atoms with Crippen LogP contribution in [0.2, 0.25) is 0 Å². The van der Waals surface area contributed by atoms with E-state index in [1.165, 1.54) is 6.07 Å². The van der Waals surface area contributed by atoms with Crippen molar-refractivity contribution in [3.63, 3.8) is 0 Å². The largest absolute Gasteiger partial charge is 0.507 e. The van der Waals surface area contributed by atoms with Gasteiger partial charge in [0, 0.05) is 30.1 Å². The molecule has 2 rings (SSSR count). The molecule has 0 aromatic heterocycles. The molecule has 4 N–H and O–H groups in total. The van der Waals surface area contributed by atoms with Crippen LogP contribution in [0.25, 0.3) is 6.08 Å². The first-order chi connectivity index (χ1) is 13.2. The third-order valence-corrected chi connectivity index (χ3v) is 5.09. The van der Waals surface area contributed by atoms with Gasteiger partial charge in [-0.2, -0.15) is 0 Å². The van der Waals surface area contributed by atoms with E-state index in [1.54, 1.807) is 25.1 Å². The van der Waals surface area contributed by atoms with Gasteiger partial charge in [-0.15, -0.1) is 0 Å². The second kappa shape index (κ2) is 9.75. The lowest BCUT2D eigenvalue weighted by molar-refractivity contribution is 0.000592. The standard InChI is InChI=1S/C22H31NO5/c1-5-23-17-11-16-7-6-8-18(24)21(26)14(3)10-9-13(2)15(4)28-22(27)20(16)19(25)12-17/h6-7,9-15,18,21,23-26H,5,8H2,1-4H3/b7-6+,10-9-/t13-,14-,15+,18+,21-/m1/s1. The molecule has 0 bridgehead atoms. The summed E-state index contributed by atoms with van der Waals surface area (Å²) in [5.74, 6) is -1.10. The molecular formula is C22H31NO5. The number of phenolic OH excluding ortho intramolecular Hbond substituents is 1. The Kier molecular flexibility index (Phi) is 7.66. The van der Waals surface area contributed by atoms with Crippen molar-refractivity contribution in [2.24, 2.45) is 11.8 Å². The maximum absolute atomic E-state index is 12.8. The smallest absolute Gasteiger partial charge is 0.342 e. The van der Waals surface area contributed by atoms with Crippen molar-refractivity contribution in [3.8, 4) is 5.75 Å². The molecule has 1 heterocycles. The minimum atomic E-state index is -0.937. The first-order valence-electron chi connectivity index (χ1n) is 9.77. The van der Waals surface area contributed by atoms with Crippen LogP contribution < -0.4 is 5.32 Å². The molecule has 1 aliphatic rings. The highest BCUT2D eigenvalue weighted by Gasteiger charge is 2.24. The van der Waals surface area contributed by atoms with Crippen LogP contribution in [0, 0.1) is 11.8 Å². The molecule has 1 aromatic rings. The third-order valence-electron chi connectivity index (χ3n) is 5.09. The van der Waals surface area contributed by atoms with Gasteiger partial charge in [-0.05, 0) is 31.9 Å². The Hall–Kier alpha value is -2.31. The third kappa shape index (κ3) is 5.36. The van der Waals surface area contributed by atoms with E-state index in [0.717, 1.165) is 0 Å². The first-order valence-corrected chi connectivity index (χ1v) is 9.77. The van der Waals surface area contributed by atoms with E-state index >= 15 is 0 Å². The van der Waals surface area contributed by atoms with Gasteiger partial charge < -0.3 is 25.4 Å². The summed E-state index contributed by atoms with van der Waals surface area (Å²) < 4.78 is 5.58. The van der Waals surface area contributed by atoms with Crippen LogP contribution in [0.4, 0.5) is 5.69 Å². The summed E-state index contributed by atoms with van der Waals surface area (Å²) in [6.07, 6.45) is 4.98. The molecule has 1 aliphatic heterocycles. The zero-order chi connectivity index (χ0) is 20.8. The van der Waals surface area contributed by atoms with Crippen LogP contribution in [0.15, 0.2) is 30.4 Å². The molecular weight excluding hydrogens is 358 g/mol. The quantitative estimate of drug-likeness (QED) is 0.457. The molecule has 5 atom stereocenters. The Labute approximate surface area is 166 Å². The van der Waals surface area contributed by atoms with Gasteiger partial charge in [0.05, 0.1) is 12.2 Å². The number of hydrogen-bond donors (Lipinski definition) is 4. The van der Waals surface area contributed by atoms with E-state index in [0.29, 0.717) is 17.8 Å². The van der Waals surface area contributed by atoms with E-state index in [-0.39, 0.29) is 29.6 Å². The van der Waals surface area contributed by atoms with E-state index < -0.39 is 24.3 Å². The molecule has 1 aromatic carbocycles. The lowest BCUT2D eigenvalue weighted by Gasteiger charge is -2.23. The lowest BCUT2D eigenvalue weighted by atomic mass is 9.94. The van der Waals surface area contributed by atoms with Crippen LogP contribution in [0.1, 0.15) is 50.0 Å². The van der Waals surface area contributed by atoms with Crippen LogP contribution in [-0.2, 0) is 4.74 Å². The van der Waals surface area contributed by atoms with Crippen LogP contribution >= 0.6 is 0 Å². The van der Waals surface area contributed by atoms with Crippen molar-refractivity contribution in [2.75, 3.05) is 11.9 Å². The van der Waals surface area contributed by atoms with Gasteiger partial charge in [0.2, 0.25) is 0 Å². The molecule has 6 nitrogen and oxygen atoms in total. The summed E-state index contributed by atoms with van der Waals surface area (Å²) in [6.45, 7) is 8.12. The Morgan fingerprint density at radius 3 is 2.50 bits per heavy atom. The fourth-order valence-corrected chi connectivity index (χ4v) is 3.09. The van der Waals surface area contributed by atoms with Crippen LogP contribution in [0.3, 0.4) is 0 Å². The number of cyclic esters (lactones) is 1. The number of anilines is 1. The Bertz CT molecular complexity index is 743. The van der Waals surface area contributed by atoms with Crippen molar-refractivity contribution in [1.82, 2.24) is 0 Å². The SMILES string of the molecule is CCNc1cc(O)c2c(c1)/C=C/C[C@H](O)[C@H](O)[C@H](C)/C=C\[C@@H](C)[C@H](C)OC2=O. The molecule has 28 heavy (non-hydrogen) atoms. The first kappa shape index (κ1) is 22.0.